The smallest absolute Gasteiger partial charge is 0.252 e. The van der Waals surface area contributed by atoms with E-state index in [2.05, 4.69) is 10.5 Å². The van der Waals surface area contributed by atoms with Gasteiger partial charge in [-0.15, -0.1) is 0 Å². The van der Waals surface area contributed by atoms with Gasteiger partial charge in [0.1, 0.15) is 0 Å². The summed E-state index contributed by atoms with van der Waals surface area (Å²) < 4.78 is 0. The van der Waals surface area contributed by atoms with Gasteiger partial charge in [0.05, 0.1) is 5.54 Å². The Kier molecular flexibility index (Phi) is 3.96. The fourth-order valence-electron chi connectivity index (χ4n) is 1.43. The fraction of sp³-hybridized carbons (Fsp3) is 0.385. The number of nitrogens with two attached hydrogens (primary N) is 1. The summed E-state index contributed by atoms with van der Waals surface area (Å²) in [6.07, 6.45) is 0. The maximum Gasteiger partial charge on any atom is 0.252 e. The van der Waals surface area contributed by atoms with Crippen molar-refractivity contribution in [2.24, 2.45) is 10.9 Å². The van der Waals surface area contributed by atoms with Gasteiger partial charge in [-0.2, -0.15) is 0 Å². The van der Waals surface area contributed by atoms with Crippen molar-refractivity contribution >= 4 is 11.7 Å². The van der Waals surface area contributed by atoms with Crippen molar-refractivity contribution in [1.82, 2.24) is 5.32 Å². The van der Waals surface area contributed by atoms with Crippen LogP contribution in [0, 0.1) is 13.8 Å². The number of nitrogens with one attached hydrogen (secondary N) is 1. The Labute approximate surface area is 107 Å². The van der Waals surface area contributed by atoms with Gasteiger partial charge in [0.25, 0.3) is 5.91 Å². The van der Waals surface area contributed by atoms with Gasteiger partial charge in [-0.1, -0.05) is 11.2 Å². The standard InChI is InChI=1S/C13H19N3O2/c1-8-5-6-10(7-9(8)2)11(17)15-13(3,4)12(14)16-18/h5-7,18H,1-4H3,(H2,14,16)(H,15,17). The van der Waals surface area contributed by atoms with Gasteiger partial charge in [0, 0.05) is 5.56 Å². The second-order valence-corrected chi connectivity index (χ2v) is 4.86. The van der Waals surface area contributed by atoms with Crippen molar-refractivity contribution in [3.63, 3.8) is 0 Å². The Morgan fingerprint density at radius 3 is 2.44 bits per heavy atom. The van der Waals surface area contributed by atoms with E-state index in [1.165, 1.54) is 0 Å². The first-order valence-corrected chi connectivity index (χ1v) is 5.65. The van der Waals surface area contributed by atoms with Crippen LogP contribution in [-0.4, -0.2) is 22.5 Å². The minimum Gasteiger partial charge on any atom is -0.409 e. The number of hydrogen-bond donors (Lipinski definition) is 3. The van der Waals surface area contributed by atoms with E-state index in [0.717, 1.165) is 11.1 Å². The number of oxime groups is 1. The molecule has 0 saturated heterocycles. The van der Waals surface area contributed by atoms with Crippen molar-refractivity contribution < 1.29 is 10.0 Å². The first kappa shape index (κ1) is 14.0. The molecular formula is C13H19N3O2. The van der Waals surface area contributed by atoms with Crippen molar-refractivity contribution in [3.8, 4) is 0 Å². The number of hydrogen-bond acceptors (Lipinski definition) is 3. The van der Waals surface area contributed by atoms with E-state index in [1.54, 1.807) is 19.9 Å². The summed E-state index contributed by atoms with van der Waals surface area (Å²) in [5, 5.41) is 14.3. The topological polar surface area (TPSA) is 87.7 Å². The van der Waals surface area contributed by atoms with Crippen LogP contribution in [0.1, 0.15) is 35.3 Å². The van der Waals surface area contributed by atoms with Gasteiger partial charge in [0.15, 0.2) is 5.84 Å². The molecule has 0 radical (unpaired) electrons. The van der Waals surface area contributed by atoms with E-state index in [0.29, 0.717) is 5.56 Å². The third kappa shape index (κ3) is 3.00. The molecule has 1 amide bonds. The van der Waals surface area contributed by atoms with E-state index in [1.807, 2.05) is 26.0 Å². The number of benzene rings is 1. The largest absolute Gasteiger partial charge is 0.409 e. The first-order chi connectivity index (χ1) is 8.27. The molecule has 0 spiro atoms. The van der Waals surface area contributed by atoms with Crippen LogP contribution in [0.4, 0.5) is 0 Å². The van der Waals surface area contributed by atoms with Gasteiger partial charge in [0.2, 0.25) is 0 Å². The minimum atomic E-state index is -0.898. The van der Waals surface area contributed by atoms with Crippen molar-refractivity contribution in [2.45, 2.75) is 33.2 Å². The van der Waals surface area contributed by atoms with Crippen LogP contribution in [0.15, 0.2) is 23.4 Å². The van der Waals surface area contributed by atoms with Gasteiger partial charge < -0.3 is 16.3 Å². The lowest BCUT2D eigenvalue weighted by Gasteiger charge is -2.24. The highest BCUT2D eigenvalue weighted by Crippen LogP contribution is 2.11. The number of amides is 1. The Bertz CT molecular complexity index is 493. The molecule has 18 heavy (non-hydrogen) atoms. The lowest BCUT2D eigenvalue weighted by Crippen LogP contribution is -2.53. The van der Waals surface area contributed by atoms with Crippen molar-refractivity contribution in [1.29, 1.82) is 0 Å². The Morgan fingerprint density at radius 2 is 1.94 bits per heavy atom. The second-order valence-electron chi connectivity index (χ2n) is 4.86. The predicted molar refractivity (Wildman–Crippen MR) is 70.9 cm³/mol. The Hall–Kier alpha value is -2.04. The van der Waals surface area contributed by atoms with Gasteiger partial charge in [-0.05, 0) is 51.0 Å². The van der Waals surface area contributed by atoms with Crippen LogP contribution in [0.3, 0.4) is 0 Å². The predicted octanol–water partition coefficient (Wildman–Crippen LogP) is 1.56. The SMILES string of the molecule is Cc1ccc(C(=O)NC(C)(C)/C(N)=N/O)cc1C. The summed E-state index contributed by atoms with van der Waals surface area (Å²) in [5.74, 6) is -0.297. The highest BCUT2D eigenvalue weighted by Gasteiger charge is 2.26. The highest BCUT2D eigenvalue weighted by atomic mass is 16.4. The maximum atomic E-state index is 12.0. The van der Waals surface area contributed by atoms with E-state index < -0.39 is 5.54 Å². The molecule has 0 fully saturated rings. The molecule has 0 aliphatic rings. The number of rotatable bonds is 3. The van der Waals surface area contributed by atoms with Crippen LogP contribution in [-0.2, 0) is 0 Å². The Morgan fingerprint density at radius 1 is 1.33 bits per heavy atom. The summed E-state index contributed by atoms with van der Waals surface area (Å²) in [6, 6.07) is 5.45. The summed E-state index contributed by atoms with van der Waals surface area (Å²) >= 11 is 0. The molecule has 0 unspecified atom stereocenters. The zero-order valence-corrected chi connectivity index (χ0v) is 11.1. The molecule has 1 aromatic rings. The van der Waals surface area contributed by atoms with Crippen LogP contribution < -0.4 is 11.1 Å². The van der Waals surface area contributed by atoms with E-state index in [-0.39, 0.29) is 11.7 Å². The Balaban J connectivity index is 2.92. The molecule has 1 aromatic carbocycles. The average molecular weight is 249 g/mol. The molecule has 0 atom stereocenters. The monoisotopic (exact) mass is 249 g/mol. The quantitative estimate of drug-likeness (QED) is 0.329. The molecule has 5 heteroatoms. The lowest BCUT2D eigenvalue weighted by atomic mass is 10.0. The molecule has 1 rings (SSSR count). The minimum absolute atomic E-state index is 0.0420. The number of amidine groups is 1. The molecule has 0 bridgehead atoms. The zero-order chi connectivity index (χ0) is 13.9. The first-order valence-electron chi connectivity index (χ1n) is 5.65. The molecule has 0 saturated carbocycles. The summed E-state index contributed by atoms with van der Waals surface area (Å²) in [5.41, 5.74) is 7.34. The maximum absolute atomic E-state index is 12.0. The van der Waals surface area contributed by atoms with Crippen molar-refractivity contribution in [2.75, 3.05) is 0 Å². The lowest BCUT2D eigenvalue weighted by molar-refractivity contribution is 0.0930. The highest BCUT2D eigenvalue weighted by molar-refractivity contribution is 5.99. The molecule has 0 aliphatic carbocycles. The zero-order valence-electron chi connectivity index (χ0n) is 11.1. The third-order valence-corrected chi connectivity index (χ3v) is 2.94. The molecule has 4 N–H and O–H groups in total. The second kappa shape index (κ2) is 5.08. The number of nitrogens with zero attached hydrogens (tertiary/aromatic N) is 1. The van der Waals surface area contributed by atoms with Gasteiger partial charge >= 0.3 is 0 Å². The van der Waals surface area contributed by atoms with Gasteiger partial charge in [-0.25, -0.2) is 0 Å². The molecule has 0 heterocycles. The number of carbonyl (C=O) groups is 1. The normalized spacial score (nSPS) is 12.3. The molecule has 98 valence electrons. The van der Waals surface area contributed by atoms with E-state index in [9.17, 15) is 4.79 Å². The van der Waals surface area contributed by atoms with E-state index >= 15 is 0 Å². The molecule has 5 nitrogen and oxygen atoms in total. The third-order valence-electron chi connectivity index (χ3n) is 2.94. The fourth-order valence-corrected chi connectivity index (χ4v) is 1.43. The number of carbonyl (C=O) groups excluding carboxylic acids is 1. The van der Waals surface area contributed by atoms with Crippen LogP contribution in [0.5, 0.6) is 0 Å². The van der Waals surface area contributed by atoms with Crippen LogP contribution >= 0.6 is 0 Å². The molecular weight excluding hydrogens is 230 g/mol. The number of aryl methyl sites for hydroxylation is 2. The summed E-state index contributed by atoms with van der Waals surface area (Å²) in [7, 11) is 0. The molecule has 0 aliphatic heterocycles. The summed E-state index contributed by atoms with van der Waals surface area (Å²) in [4.78, 5) is 12.0. The summed E-state index contributed by atoms with van der Waals surface area (Å²) in [6.45, 7) is 7.26. The van der Waals surface area contributed by atoms with Crippen LogP contribution in [0.2, 0.25) is 0 Å². The average Bonchev–Trinajstić information content (AvgIpc) is 2.30. The van der Waals surface area contributed by atoms with Crippen LogP contribution in [0.25, 0.3) is 0 Å². The van der Waals surface area contributed by atoms with Gasteiger partial charge in [-0.3, -0.25) is 4.79 Å². The van der Waals surface area contributed by atoms with E-state index in [4.69, 9.17) is 10.9 Å². The molecule has 0 aromatic heterocycles. The van der Waals surface area contributed by atoms with Crippen molar-refractivity contribution in [3.05, 3.63) is 34.9 Å².